The molecule has 0 heterocycles. The lowest BCUT2D eigenvalue weighted by Gasteiger charge is -1.99. The number of hydrogen-bond donors (Lipinski definition) is 3. The van der Waals surface area contributed by atoms with Crippen LogP contribution >= 0.6 is 11.9 Å². The summed E-state index contributed by atoms with van der Waals surface area (Å²) in [4.78, 5) is 9.90. The zero-order valence-corrected chi connectivity index (χ0v) is 5.02. The number of carboxylic acid groups (broad SMARTS) is 1. The molecule has 8 heavy (non-hydrogen) atoms. The summed E-state index contributed by atoms with van der Waals surface area (Å²) in [5.74, 6) is -0.752. The smallest absolute Gasteiger partial charge is 0.321 e. The maximum atomic E-state index is 9.90. The molecule has 0 aromatic rings. The van der Waals surface area contributed by atoms with Gasteiger partial charge in [0.05, 0.1) is 0 Å². The van der Waals surface area contributed by atoms with Crippen LogP contribution in [0.5, 0.6) is 0 Å². The van der Waals surface area contributed by atoms with Gasteiger partial charge in [0.1, 0.15) is 6.04 Å². The van der Waals surface area contributed by atoms with Gasteiger partial charge in [-0.05, 0) is 0 Å². The highest BCUT2D eigenvalue weighted by molar-refractivity contribution is 7.97. The molecule has 5 N–H and O–H groups in total. The highest BCUT2D eigenvalue weighted by Crippen LogP contribution is 1.88. The third kappa shape index (κ3) is 2.84. The Bertz CT molecular complexity index is 87.4. The van der Waals surface area contributed by atoms with E-state index in [-0.39, 0.29) is 5.75 Å². The van der Waals surface area contributed by atoms with Crippen LogP contribution in [-0.2, 0) is 4.79 Å². The molecule has 0 radical (unpaired) electrons. The summed E-state index contributed by atoms with van der Waals surface area (Å²) >= 11 is 0.932. The first-order valence-electron chi connectivity index (χ1n) is 1.98. The molecule has 0 amide bonds. The van der Waals surface area contributed by atoms with Crippen molar-refractivity contribution in [3.63, 3.8) is 0 Å². The van der Waals surface area contributed by atoms with E-state index < -0.39 is 12.0 Å². The standard InChI is InChI=1S/C3H8N2O2S/c4-2(1-8-5)3(6)7/h2H,1,4-5H2,(H,6,7)/t2-/m1/s1. The molecule has 48 valence electrons. The lowest BCUT2D eigenvalue weighted by molar-refractivity contribution is -0.137. The van der Waals surface area contributed by atoms with Crippen molar-refractivity contribution in [3.8, 4) is 0 Å². The number of nitrogens with two attached hydrogens (primary N) is 2. The molecule has 1 atom stereocenters. The SMILES string of the molecule is NSC[C@@H](N)C(=O)O. The van der Waals surface area contributed by atoms with E-state index in [1.54, 1.807) is 0 Å². The van der Waals surface area contributed by atoms with Crippen LogP contribution in [0, 0.1) is 0 Å². The third-order valence-corrected chi connectivity index (χ3v) is 1.14. The average molecular weight is 136 g/mol. The Morgan fingerprint density at radius 3 is 2.50 bits per heavy atom. The zero-order valence-electron chi connectivity index (χ0n) is 4.20. The summed E-state index contributed by atoms with van der Waals surface area (Å²) < 4.78 is 0. The van der Waals surface area contributed by atoms with Gasteiger partial charge in [0.15, 0.2) is 0 Å². The third-order valence-electron chi connectivity index (χ3n) is 0.593. The van der Waals surface area contributed by atoms with Gasteiger partial charge in [0.25, 0.3) is 0 Å². The fourth-order valence-corrected chi connectivity index (χ4v) is 0.525. The van der Waals surface area contributed by atoms with E-state index >= 15 is 0 Å². The number of carbonyl (C=O) groups is 1. The highest BCUT2D eigenvalue weighted by atomic mass is 32.2. The van der Waals surface area contributed by atoms with E-state index in [0.29, 0.717) is 0 Å². The highest BCUT2D eigenvalue weighted by Gasteiger charge is 2.08. The molecule has 0 fully saturated rings. The topological polar surface area (TPSA) is 89.3 Å². The fourth-order valence-electron chi connectivity index (χ4n) is 0.175. The number of hydrogen-bond acceptors (Lipinski definition) is 4. The van der Waals surface area contributed by atoms with Crippen molar-refractivity contribution in [1.82, 2.24) is 0 Å². The summed E-state index contributed by atoms with van der Waals surface area (Å²) in [5.41, 5.74) is 5.03. The molecule has 0 saturated carbocycles. The van der Waals surface area contributed by atoms with Crippen LogP contribution in [0.2, 0.25) is 0 Å². The monoisotopic (exact) mass is 136 g/mol. The largest absolute Gasteiger partial charge is 0.480 e. The molecular formula is C3H8N2O2S. The lowest BCUT2D eigenvalue weighted by atomic mass is 10.4. The minimum Gasteiger partial charge on any atom is -0.480 e. The molecule has 0 aliphatic rings. The van der Waals surface area contributed by atoms with Gasteiger partial charge in [0, 0.05) is 5.75 Å². The number of carboxylic acids is 1. The zero-order chi connectivity index (χ0) is 6.57. The molecule has 0 aromatic heterocycles. The van der Waals surface area contributed by atoms with E-state index in [0.717, 1.165) is 11.9 Å². The van der Waals surface area contributed by atoms with E-state index in [1.807, 2.05) is 0 Å². The van der Waals surface area contributed by atoms with Gasteiger partial charge in [-0.25, -0.2) is 0 Å². The van der Waals surface area contributed by atoms with Gasteiger partial charge < -0.3 is 10.8 Å². The summed E-state index contributed by atoms with van der Waals surface area (Å²) in [6.07, 6.45) is 0. The summed E-state index contributed by atoms with van der Waals surface area (Å²) in [6.45, 7) is 0. The Kier molecular flexibility index (Phi) is 3.59. The minimum atomic E-state index is -1.01. The van der Waals surface area contributed by atoms with Gasteiger partial charge in [-0.15, -0.1) is 0 Å². The first kappa shape index (κ1) is 7.74. The van der Waals surface area contributed by atoms with Crippen molar-refractivity contribution in [2.24, 2.45) is 10.9 Å². The lowest BCUT2D eigenvalue weighted by Crippen LogP contribution is -2.32. The minimum absolute atomic E-state index is 0.259. The van der Waals surface area contributed by atoms with Gasteiger partial charge in [-0.3, -0.25) is 9.93 Å². The summed E-state index contributed by atoms with van der Waals surface area (Å²) in [7, 11) is 0. The Balaban J connectivity index is 3.32. The molecular weight excluding hydrogens is 128 g/mol. The molecule has 0 aromatic carbocycles. The Morgan fingerprint density at radius 2 is 2.38 bits per heavy atom. The first-order chi connectivity index (χ1) is 3.68. The predicted molar refractivity (Wildman–Crippen MR) is 32.3 cm³/mol. The van der Waals surface area contributed by atoms with Crippen molar-refractivity contribution in [1.29, 1.82) is 0 Å². The van der Waals surface area contributed by atoms with Crippen LogP contribution in [0.1, 0.15) is 0 Å². The van der Waals surface area contributed by atoms with Crippen LogP contribution in [-0.4, -0.2) is 22.9 Å². The van der Waals surface area contributed by atoms with Crippen LogP contribution in [0.15, 0.2) is 0 Å². The molecule has 0 bridgehead atoms. The molecule has 0 aliphatic carbocycles. The average Bonchev–Trinajstić information content (AvgIpc) is 1.67. The molecule has 5 heteroatoms. The van der Waals surface area contributed by atoms with Crippen molar-refractivity contribution in [3.05, 3.63) is 0 Å². The second-order valence-electron chi connectivity index (χ2n) is 1.28. The van der Waals surface area contributed by atoms with Gasteiger partial charge in [-0.1, -0.05) is 11.9 Å². The molecule has 0 saturated heterocycles. The Hall–Kier alpha value is -0.260. The maximum absolute atomic E-state index is 9.90. The second kappa shape index (κ2) is 3.71. The molecule has 4 nitrogen and oxygen atoms in total. The summed E-state index contributed by atoms with van der Waals surface area (Å²) in [5, 5.41) is 13.1. The molecule has 0 aliphatic heterocycles. The second-order valence-corrected chi connectivity index (χ2v) is 1.94. The van der Waals surface area contributed by atoms with E-state index in [1.165, 1.54) is 0 Å². The van der Waals surface area contributed by atoms with E-state index in [4.69, 9.17) is 16.0 Å². The fraction of sp³-hybridized carbons (Fsp3) is 0.667. The Labute approximate surface area is 51.4 Å². The van der Waals surface area contributed by atoms with Crippen LogP contribution in [0.4, 0.5) is 0 Å². The van der Waals surface area contributed by atoms with E-state index in [9.17, 15) is 4.79 Å². The number of aliphatic carboxylic acids is 1. The molecule has 0 rings (SSSR count). The number of rotatable bonds is 3. The summed E-state index contributed by atoms with van der Waals surface area (Å²) in [6, 6.07) is -0.829. The van der Waals surface area contributed by atoms with Crippen LogP contribution in [0.25, 0.3) is 0 Å². The molecule has 0 unspecified atom stereocenters. The molecule has 0 spiro atoms. The quantitative estimate of drug-likeness (QED) is 0.433. The normalized spacial score (nSPS) is 13.2. The predicted octanol–water partition coefficient (Wildman–Crippen LogP) is -0.995. The van der Waals surface area contributed by atoms with E-state index in [2.05, 4.69) is 0 Å². The Morgan fingerprint density at radius 1 is 1.88 bits per heavy atom. The van der Waals surface area contributed by atoms with Gasteiger partial charge in [0.2, 0.25) is 0 Å². The maximum Gasteiger partial charge on any atom is 0.321 e. The van der Waals surface area contributed by atoms with Crippen LogP contribution in [0.3, 0.4) is 0 Å². The van der Waals surface area contributed by atoms with Gasteiger partial charge in [-0.2, -0.15) is 0 Å². The van der Waals surface area contributed by atoms with Crippen molar-refractivity contribution in [2.75, 3.05) is 5.75 Å². The van der Waals surface area contributed by atoms with Crippen molar-refractivity contribution >= 4 is 17.9 Å². The van der Waals surface area contributed by atoms with Crippen LogP contribution < -0.4 is 10.9 Å². The van der Waals surface area contributed by atoms with Crippen molar-refractivity contribution < 1.29 is 9.90 Å². The van der Waals surface area contributed by atoms with Gasteiger partial charge >= 0.3 is 5.97 Å². The van der Waals surface area contributed by atoms with Crippen molar-refractivity contribution in [2.45, 2.75) is 6.04 Å². The first-order valence-corrected chi connectivity index (χ1v) is 3.03.